The van der Waals surface area contributed by atoms with E-state index in [9.17, 15) is 8.78 Å². The van der Waals surface area contributed by atoms with Crippen LogP contribution in [0.4, 0.5) is 20.2 Å². The maximum absolute atomic E-state index is 15.0. The second-order valence-electron chi connectivity index (χ2n) is 10.2. The molecule has 0 spiro atoms. The van der Waals surface area contributed by atoms with Crippen LogP contribution in [-0.2, 0) is 12.8 Å². The van der Waals surface area contributed by atoms with Gasteiger partial charge in [-0.1, -0.05) is 66.7 Å². The minimum atomic E-state index is -0.167. The van der Waals surface area contributed by atoms with E-state index in [0.29, 0.717) is 5.69 Å². The molecule has 0 bridgehead atoms. The van der Waals surface area contributed by atoms with Crippen LogP contribution in [-0.4, -0.2) is 6.54 Å². The monoisotopic (exact) mass is 471 g/mol. The van der Waals surface area contributed by atoms with Gasteiger partial charge in [0.1, 0.15) is 11.6 Å². The molecular weight excluding hydrogens is 448 g/mol. The highest BCUT2D eigenvalue weighted by Crippen LogP contribution is 2.47. The molecule has 3 heteroatoms. The molecule has 1 atom stereocenters. The Balaban J connectivity index is 1.39. The highest BCUT2D eigenvalue weighted by atomic mass is 19.1. The third kappa shape index (κ3) is 2.63. The first-order valence-corrected chi connectivity index (χ1v) is 12.7. The summed E-state index contributed by atoms with van der Waals surface area (Å²) < 4.78 is 29.9. The SMILES string of the molecule is Fc1cccc2c1C(c1ccc3ccc4c(N5CCc6cccc(F)c65)ccc5ccc1c3c54)CC2. The molecule has 8 rings (SSSR count). The number of para-hydroxylation sites is 1. The van der Waals surface area contributed by atoms with E-state index in [1.165, 1.54) is 32.5 Å². The average molecular weight is 472 g/mol. The van der Waals surface area contributed by atoms with Gasteiger partial charge >= 0.3 is 0 Å². The number of rotatable bonds is 2. The van der Waals surface area contributed by atoms with E-state index < -0.39 is 0 Å². The van der Waals surface area contributed by atoms with Crippen LogP contribution in [0.25, 0.3) is 32.3 Å². The highest BCUT2D eigenvalue weighted by molar-refractivity contribution is 6.26. The molecular formula is C33H23F2N. The van der Waals surface area contributed by atoms with Crippen molar-refractivity contribution in [1.29, 1.82) is 0 Å². The number of hydrogen-bond donors (Lipinski definition) is 0. The van der Waals surface area contributed by atoms with Gasteiger partial charge < -0.3 is 4.90 Å². The summed E-state index contributed by atoms with van der Waals surface area (Å²) in [5.41, 5.74) is 5.99. The summed E-state index contributed by atoms with van der Waals surface area (Å²) in [7, 11) is 0. The first kappa shape index (κ1) is 20.2. The van der Waals surface area contributed by atoms with Crippen LogP contribution in [0.5, 0.6) is 0 Å². The molecule has 1 heterocycles. The Labute approximate surface area is 207 Å². The summed E-state index contributed by atoms with van der Waals surface area (Å²) in [6.07, 6.45) is 2.67. The number of anilines is 2. The summed E-state index contributed by atoms with van der Waals surface area (Å²) in [4.78, 5) is 2.14. The topological polar surface area (TPSA) is 3.24 Å². The van der Waals surface area contributed by atoms with Gasteiger partial charge in [0.2, 0.25) is 0 Å². The summed E-state index contributed by atoms with van der Waals surface area (Å²) in [5, 5.41) is 7.12. The van der Waals surface area contributed by atoms with E-state index >= 15 is 0 Å². The number of aryl methyl sites for hydroxylation is 1. The van der Waals surface area contributed by atoms with Crippen LogP contribution in [0, 0.1) is 11.6 Å². The molecule has 0 saturated carbocycles. The van der Waals surface area contributed by atoms with Gasteiger partial charge in [0.05, 0.1) is 5.69 Å². The summed E-state index contributed by atoms with van der Waals surface area (Å²) in [5.74, 6) is -0.206. The molecule has 2 aliphatic rings. The van der Waals surface area contributed by atoms with Crippen molar-refractivity contribution in [2.24, 2.45) is 0 Å². The van der Waals surface area contributed by atoms with Gasteiger partial charge in [0.25, 0.3) is 0 Å². The molecule has 1 aliphatic carbocycles. The minimum Gasteiger partial charge on any atom is -0.338 e. The van der Waals surface area contributed by atoms with E-state index in [4.69, 9.17) is 0 Å². The maximum atomic E-state index is 15.0. The molecule has 1 aliphatic heterocycles. The molecule has 0 amide bonds. The van der Waals surface area contributed by atoms with Crippen molar-refractivity contribution in [3.63, 3.8) is 0 Å². The molecule has 0 saturated heterocycles. The second-order valence-corrected chi connectivity index (χ2v) is 10.2. The molecule has 0 fully saturated rings. The van der Waals surface area contributed by atoms with Gasteiger partial charge in [-0.05, 0) is 86.6 Å². The molecule has 6 aromatic carbocycles. The predicted molar refractivity (Wildman–Crippen MR) is 144 cm³/mol. The lowest BCUT2D eigenvalue weighted by atomic mass is 9.85. The Hall–Kier alpha value is -3.98. The van der Waals surface area contributed by atoms with Crippen molar-refractivity contribution in [2.45, 2.75) is 25.2 Å². The summed E-state index contributed by atoms with van der Waals surface area (Å²) in [6.45, 7) is 0.767. The van der Waals surface area contributed by atoms with E-state index in [1.807, 2.05) is 12.1 Å². The zero-order valence-corrected chi connectivity index (χ0v) is 19.7. The highest BCUT2D eigenvalue weighted by Gasteiger charge is 2.30. The smallest absolute Gasteiger partial charge is 0.147 e. The van der Waals surface area contributed by atoms with Gasteiger partial charge in [-0.2, -0.15) is 0 Å². The van der Waals surface area contributed by atoms with Crippen LogP contribution in [0.3, 0.4) is 0 Å². The standard InChI is InChI=1S/C33H23F2N/c34-27-5-1-3-19-8-13-24(30(19)27)23-12-7-20-10-15-26-29(16-11-21-9-14-25(23)31(20)32(21)26)36-18-17-22-4-2-6-28(35)33(22)36/h1-7,9-12,14-16,24H,8,13,17-18H2. The lowest BCUT2D eigenvalue weighted by Crippen LogP contribution is -2.15. The first-order valence-electron chi connectivity index (χ1n) is 12.7. The fourth-order valence-electron chi connectivity index (χ4n) is 6.94. The first-order chi connectivity index (χ1) is 17.7. The van der Waals surface area contributed by atoms with Crippen molar-refractivity contribution in [3.8, 4) is 0 Å². The normalized spacial score (nSPS) is 16.9. The van der Waals surface area contributed by atoms with E-state index in [2.05, 4.69) is 59.5 Å². The zero-order chi connectivity index (χ0) is 24.0. The molecule has 1 nitrogen and oxygen atoms in total. The fraction of sp³-hybridized carbons (Fsp3) is 0.152. The average Bonchev–Trinajstić information content (AvgIpc) is 3.53. The zero-order valence-electron chi connectivity index (χ0n) is 19.7. The van der Waals surface area contributed by atoms with Crippen molar-refractivity contribution in [2.75, 3.05) is 11.4 Å². The van der Waals surface area contributed by atoms with Gasteiger partial charge in [-0.15, -0.1) is 0 Å². The third-order valence-corrected chi connectivity index (χ3v) is 8.48. The summed E-state index contributed by atoms with van der Waals surface area (Å²) >= 11 is 0. The third-order valence-electron chi connectivity index (χ3n) is 8.48. The van der Waals surface area contributed by atoms with Crippen molar-refractivity contribution < 1.29 is 8.78 Å². The second kappa shape index (κ2) is 7.27. The molecule has 6 aromatic rings. The number of nitrogens with zero attached hydrogens (tertiary/aromatic N) is 1. The largest absolute Gasteiger partial charge is 0.338 e. The van der Waals surface area contributed by atoms with E-state index in [-0.39, 0.29) is 17.6 Å². The lowest BCUT2D eigenvalue weighted by molar-refractivity contribution is 0.602. The number of fused-ring (bicyclic) bond motifs is 2. The molecule has 0 aromatic heterocycles. The number of hydrogen-bond acceptors (Lipinski definition) is 1. The minimum absolute atomic E-state index is 0.0600. The summed E-state index contributed by atoms with van der Waals surface area (Å²) in [6, 6.07) is 28.3. The molecule has 1 unspecified atom stereocenters. The predicted octanol–water partition coefficient (Wildman–Crippen LogP) is 8.63. The van der Waals surface area contributed by atoms with Crippen LogP contribution >= 0.6 is 0 Å². The number of halogens is 2. The Bertz CT molecular complexity index is 1700. The number of benzene rings is 6. The Morgan fingerprint density at radius 3 is 2.19 bits per heavy atom. The van der Waals surface area contributed by atoms with Crippen LogP contribution in [0.15, 0.2) is 84.9 Å². The van der Waals surface area contributed by atoms with Crippen molar-refractivity contribution in [1.82, 2.24) is 0 Å². The Morgan fingerprint density at radius 2 is 1.33 bits per heavy atom. The van der Waals surface area contributed by atoms with Gasteiger partial charge in [-0.25, -0.2) is 8.78 Å². The van der Waals surface area contributed by atoms with Crippen LogP contribution < -0.4 is 4.90 Å². The van der Waals surface area contributed by atoms with Gasteiger partial charge in [0.15, 0.2) is 0 Å². The van der Waals surface area contributed by atoms with Gasteiger partial charge in [0, 0.05) is 23.5 Å². The molecule has 174 valence electrons. The van der Waals surface area contributed by atoms with E-state index in [0.717, 1.165) is 53.6 Å². The Morgan fingerprint density at radius 1 is 0.639 bits per heavy atom. The van der Waals surface area contributed by atoms with E-state index in [1.54, 1.807) is 18.2 Å². The molecule has 0 N–H and O–H groups in total. The van der Waals surface area contributed by atoms with Gasteiger partial charge in [-0.3, -0.25) is 0 Å². The van der Waals surface area contributed by atoms with Crippen LogP contribution in [0.1, 0.15) is 34.6 Å². The lowest BCUT2D eigenvalue weighted by Gasteiger charge is -2.24. The quantitative estimate of drug-likeness (QED) is 0.229. The molecule has 36 heavy (non-hydrogen) atoms. The maximum Gasteiger partial charge on any atom is 0.147 e. The fourth-order valence-corrected chi connectivity index (χ4v) is 6.94. The van der Waals surface area contributed by atoms with Crippen LogP contribution in [0.2, 0.25) is 0 Å². The van der Waals surface area contributed by atoms with Crippen molar-refractivity contribution >= 4 is 43.7 Å². The molecule has 0 radical (unpaired) electrons. The van der Waals surface area contributed by atoms with Crippen molar-refractivity contribution in [3.05, 3.63) is 119 Å². The Kier molecular flexibility index (Phi) is 4.09.